The Morgan fingerprint density at radius 3 is 2.44 bits per heavy atom. The minimum Gasteiger partial charge on any atom is -0.477 e. The number of aromatic carboxylic acids is 1. The molecule has 226 valence electrons. The predicted molar refractivity (Wildman–Crippen MR) is 151 cm³/mol. The summed E-state index contributed by atoms with van der Waals surface area (Å²) in [4.78, 5) is 27.2. The second-order valence-electron chi connectivity index (χ2n) is 10.8. The van der Waals surface area contributed by atoms with E-state index in [0.29, 0.717) is 61.8 Å². The normalized spacial score (nSPS) is 18.1. The van der Waals surface area contributed by atoms with E-state index in [1.54, 1.807) is 30.3 Å². The SMILES string of the molecule is O=C(O)c1ccc2nc(CN3CCC(Oc4cc(C(F)(F)F)cc(Cc5ccc(Cl)cc5)n4)CC3)n(CC3CCO3)c2n1. The molecule has 13 heteroatoms. The number of nitrogens with zero attached hydrogens (tertiary/aromatic N) is 5. The summed E-state index contributed by atoms with van der Waals surface area (Å²) < 4.78 is 54.6. The van der Waals surface area contributed by atoms with Crippen LogP contribution in [-0.4, -0.2) is 67.4 Å². The van der Waals surface area contributed by atoms with Gasteiger partial charge < -0.3 is 19.1 Å². The molecule has 0 spiro atoms. The van der Waals surface area contributed by atoms with E-state index in [0.717, 1.165) is 29.9 Å². The number of piperidine rings is 1. The van der Waals surface area contributed by atoms with Gasteiger partial charge in [-0.25, -0.2) is 19.7 Å². The second kappa shape index (κ2) is 12.1. The Morgan fingerprint density at radius 1 is 1.05 bits per heavy atom. The molecule has 1 atom stereocenters. The predicted octanol–water partition coefficient (Wildman–Crippen LogP) is 5.62. The molecule has 2 saturated heterocycles. The third kappa shape index (κ3) is 6.92. The summed E-state index contributed by atoms with van der Waals surface area (Å²) in [5, 5.41) is 9.96. The average Bonchev–Trinajstić information content (AvgIpc) is 3.28. The van der Waals surface area contributed by atoms with Crippen molar-refractivity contribution in [3.8, 4) is 5.88 Å². The number of imidazole rings is 1. The van der Waals surface area contributed by atoms with E-state index in [1.807, 2.05) is 4.57 Å². The lowest BCUT2D eigenvalue weighted by Crippen LogP contribution is -2.39. The van der Waals surface area contributed by atoms with Crippen molar-refractivity contribution in [1.29, 1.82) is 0 Å². The van der Waals surface area contributed by atoms with Gasteiger partial charge >= 0.3 is 12.1 Å². The molecule has 0 aliphatic carbocycles. The molecule has 43 heavy (non-hydrogen) atoms. The van der Waals surface area contributed by atoms with Crippen LogP contribution in [0.4, 0.5) is 13.2 Å². The summed E-state index contributed by atoms with van der Waals surface area (Å²) in [7, 11) is 0. The molecule has 1 aromatic carbocycles. The monoisotopic (exact) mass is 615 g/mol. The summed E-state index contributed by atoms with van der Waals surface area (Å²) in [5.41, 5.74) is 1.33. The van der Waals surface area contributed by atoms with Gasteiger partial charge in [0, 0.05) is 42.9 Å². The molecule has 6 rings (SSSR count). The minimum absolute atomic E-state index is 0.0233. The summed E-state index contributed by atoms with van der Waals surface area (Å²) in [6, 6.07) is 12.0. The van der Waals surface area contributed by atoms with Crippen LogP contribution in [0.25, 0.3) is 11.2 Å². The Balaban J connectivity index is 1.14. The molecular weight excluding hydrogens is 587 g/mol. The molecule has 2 aliphatic rings. The number of rotatable bonds is 9. The maximum atomic E-state index is 13.7. The van der Waals surface area contributed by atoms with Gasteiger partial charge in [0.15, 0.2) is 11.3 Å². The first kappa shape index (κ1) is 29.3. The van der Waals surface area contributed by atoms with E-state index in [-0.39, 0.29) is 35.9 Å². The molecule has 4 aromatic rings. The fourth-order valence-corrected chi connectivity index (χ4v) is 5.48. The minimum atomic E-state index is -4.53. The van der Waals surface area contributed by atoms with E-state index in [2.05, 4.69) is 14.9 Å². The smallest absolute Gasteiger partial charge is 0.416 e. The molecule has 1 unspecified atom stereocenters. The lowest BCUT2D eigenvalue weighted by molar-refractivity contribution is -0.137. The molecule has 0 radical (unpaired) electrons. The van der Waals surface area contributed by atoms with Crippen LogP contribution in [0.1, 0.15) is 52.4 Å². The third-order valence-corrected chi connectivity index (χ3v) is 7.99. The molecule has 0 saturated carbocycles. The Labute approximate surface area is 250 Å². The van der Waals surface area contributed by atoms with Crippen LogP contribution in [0.5, 0.6) is 5.88 Å². The zero-order valence-electron chi connectivity index (χ0n) is 23.1. The molecule has 1 N–H and O–H groups in total. The molecule has 3 aromatic heterocycles. The van der Waals surface area contributed by atoms with Crippen molar-refractivity contribution in [3.63, 3.8) is 0 Å². The molecule has 0 bridgehead atoms. The van der Waals surface area contributed by atoms with Crippen LogP contribution in [0.3, 0.4) is 0 Å². The Morgan fingerprint density at radius 2 is 1.79 bits per heavy atom. The summed E-state index contributed by atoms with van der Waals surface area (Å²) in [5.74, 6) is -0.392. The largest absolute Gasteiger partial charge is 0.477 e. The number of fused-ring (bicyclic) bond motifs is 1. The van der Waals surface area contributed by atoms with Gasteiger partial charge in [0.25, 0.3) is 0 Å². The third-order valence-electron chi connectivity index (χ3n) is 7.74. The fourth-order valence-electron chi connectivity index (χ4n) is 5.35. The quantitative estimate of drug-likeness (QED) is 0.259. The summed E-state index contributed by atoms with van der Waals surface area (Å²) in [6.45, 7) is 3.00. The van der Waals surface area contributed by atoms with Crippen LogP contribution in [0, 0.1) is 0 Å². The van der Waals surface area contributed by atoms with Crippen molar-refractivity contribution in [3.05, 3.63) is 81.9 Å². The highest BCUT2D eigenvalue weighted by Gasteiger charge is 2.33. The van der Waals surface area contributed by atoms with Crippen molar-refractivity contribution in [2.24, 2.45) is 0 Å². The number of hydrogen-bond acceptors (Lipinski definition) is 7. The maximum absolute atomic E-state index is 13.7. The van der Waals surface area contributed by atoms with Crippen molar-refractivity contribution in [2.45, 2.75) is 57.2 Å². The number of ether oxygens (including phenoxy) is 2. The lowest BCUT2D eigenvalue weighted by Gasteiger charge is -2.32. The molecule has 2 fully saturated rings. The Hall–Kier alpha value is -3.74. The summed E-state index contributed by atoms with van der Waals surface area (Å²) >= 11 is 5.94. The Kier molecular flexibility index (Phi) is 8.25. The lowest BCUT2D eigenvalue weighted by atomic mass is 10.1. The van der Waals surface area contributed by atoms with Crippen molar-refractivity contribution >= 4 is 28.7 Å². The number of carboxylic acid groups (broad SMARTS) is 1. The zero-order valence-corrected chi connectivity index (χ0v) is 23.8. The highest BCUT2D eigenvalue weighted by atomic mass is 35.5. The van der Waals surface area contributed by atoms with Crippen LogP contribution in [0.15, 0.2) is 48.5 Å². The fraction of sp³-hybridized carbons (Fsp3) is 0.400. The number of alkyl halides is 3. The first-order valence-corrected chi connectivity index (χ1v) is 14.4. The highest BCUT2D eigenvalue weighted by Crippen LogP contribution is 2.33. The number of aromatic nitrogens is 4. The first-order chi connectivity index (χ1) is 20.6. The van der Waals surface area contributed by atoms with Crippen LogP contribution in [0.2, 0.25) is 5.02 Å². The molecule has 2 aliphatic heterocycles. The number of carboxylic acids is 1. The summed E-state index contributed by atoms with van der Waals surface area (Å²) in [6.07, 6.45) is -2.49. The average molecular weight is 616 g/mol. The van der Waals surface area contributed by atoms with Gasteiger partial charge in [-0.15, -0.1) is 0 Å². The van der Waals surface area contributed by atoms with Crippen molar-refractivity contribution in [1.82, 2.24) is 24.4 Å². The number of halogens is 4. The van der Waals surface area contributed by atoms with Crippen molar-refractivity contribution in [2.75, 3.05) is 19.7 Å². The highest BCUT2D eigenvalue weighted by molar-refractivity contribution is 6.30. The van der Waals surface area contributed by atoms with Gasteiger partial charge in [-0.05, 0) is 55.2 Å². The van der Waals surface area contributed by atoms with E-state index < -0.39 is 17.7 Å². The maximum Gasteiger partial charge on any atom is 0.416 e. The van der Waals surface area contributed by atoms with Gasteiger partial charge in [0.05, 0.1) is 24.8 Å². The first-order valence-electron chi connectivity index (χ1n) is 14.0. The second-order valence-corrected chi connectivity index (χ2v) is 11.3. The van der Waals surface area contributed by atoms with E-state index in [1.165, 1.54) is 6.07 Å². The standard InChI is InChI=1S/C30H29ClF3N5O4/c31-20-3-1-18(2-4-20)13-21-14-19(30(32,33)34)15-27(35-21)43-22-7-10-38(11-8-22)17-26-36-24-5-6-25(29(40)41)37-28(24)39(26)16-23-9-12-42-23/h1-6,14-15,22-23H,7-13,16-17H2,(H,40,41). The van der Waals surface area contributed by atoms with E-state index in [4.69, 9.17) is 26.1 Å². The molecule has 0 amide bonds. The van der Waals surface area contributed by atoms with Crippen LogP contribution >= 0.6 is 11.6 Å². The van der Waals surface area contributed by atoms with Crippen molar-refractivity contribution < 1.29 is 32.5 Å². The Bertz CT molecular complexity index is 1620. The number of carbonyl (C=O) groups is 1. The van der Waals surface area contributed by atoms with E-state index >= 15 is 0 Å². The molecular formula is C30H29ClF3N5O4. The van der Waals surface area contributed by atoms with Gasteiger partial charge in [0.2, 0.25) is 5.88 Å². The van der Waals surface area contributed by atoms with Crippen LogP contribution < -0.4 is 4.74 Å². The van der Waals surface area contributed by atoms with Gasteiger partial charge in [-0.2, -0.15) is 13.2 Å². The van der Waals surface area contributed by atoms with E-state index in [9.17, 15) is 23.1 Å². The van der Waals surface area contributed by atoms with Gasteiger partial charge in [-0.3, -0.25) is 4.90 Å². The van der Waals surface area contributed by atoms with Crippen LogP contribution in [-0.2, 0) is 30.4 Å². The molecule has 5 heterocycles. The van der Waals surface area contributed by atoms with Gasteiger partial charge in [0.1, 0.15) is 17.4 Å². The molecule has 9 nitrogen and oxygen atoms in total. The number of hydrogen-bond donors (Lipinski definition) is 1. The number of pyridine rings is 2. The topological polar surface area (TPSA) is 103 Å². The van der Waals surface area contributed by atoms with Gasteiger partial charge in [-0.1, -0.05) is 23.7 Å². The number of likely N-dealkylation sites (tertiary alicyclic amines) is 1. The number of benzene rings is 1. The zero-order chi connectivity index (χ0) is 30.1.